The molecule has 192 valence electrons. The fraction of sp³-hybridized carbons (Fsp3) is 0.480. The maximum absolute atomic E-state index is 12.9. The van der Waals surface area contributed by atoms with E-state index in [0.29, 0.717) is 16.1 Å². The minimum absolute atomic E-state index is 0.0568. The summed E-state index contributed by atoms with van der Waals surface area (Å²) in [7, 11) is 2.16. The van der Waals surface area contributed by atoms with E-state index in [-0.39, 0.29) is 18.2 Å². The van der Waals surface area contributed by atoms with Crippen LogP contribution in [0.15, 0.2) is 42.5 Å². The summed E-state index contributed by atoms with van der Waals surface area (Å²) in [5, 5.41) is 9.61. The molecule has 2 atom stereocenters. The van der Waals surface area contributed by atoms with Crippen LogP contribution in [0.3, 0.4) is 0 Å². The summed E-state index contributed by atoms with van der Waals surface area (Å²) >= 11 is 12.3. The fourth-order valence-electron chi connectivity index (χ4n) is 4.33. The molecule has 0 aliphatic carbocycles. The van der Waals surface area contributed by atoms with E-state index < -0.39 is 17.8 Å². The average Bonchev–Trinajstić information content (AvgIpc) is 3.21. The van der Waals surface area contributed by atoms with Crippen molar-refractivity contribution >= 4 is 34.9 Å². The van der Waals surface area contributed by atoms with E-state index in [4.69, 9.17) is 23.2 Å². The third-order valence-corrected chi connectivity index (χ3v) is 7.11. The van der Waals surface area contributed by atoms with Crippen molar-refractivity contribution in [1.29, 1.82) is 0 Å². The van der Waals surface area contributed by atoms with Crippen molar-refractivity contribution in [2.24, 2.45) is 0 Å². The van der Waals surface area contributed by atoms with Crippen molar-refractivity contribution < 1.29 is 18.0 Å². The third kappa shape index (κ3) is 8.56. The molecule has 1 heterocycles. The highest BCUT2D eigenvalue weighted by atomic mass is 35.5. The summed E-state index contributed by atoms with van der Waals surface area (Å²) in [6, 6.07) is 9.96. The van der Waals surface area contributed by atoms with Gasteiger partial charge in [-0.15, -0.1) is 0 Å². The molecule has 2 unspecified atom stereocenters. The van der Waals surface area contributed by atoms with E-state index in [1.165, 1.54) is 25.0 Å². The first-order chi connectivity index (χ1) is 16.6. The van der Waals surface area contributed by atoms with Crippen LogP contribution < -0.4 is 16.0 Å². The Morgan fingerprint density at radius 1 is 1.14 bits per heavy atom. The van der Waals surface area contributed by atoms with Gasteiger partial charge in [0.15, 0.2) is 0 Å². The number of nitrogens with zero attached hydrogens (tertiary/aromatic N) is 1. The van der Waals surface area contributed by atoms with Crippen molar-refractivity contribution in [1.82, 2.24) is 15.5 Å². The quantitative estimate of drug-likeness (QED) is 0.312. The average molecular weight is 531 g/mol. The van der Waals surface area contributed by atoms with Gasteiger partial charge in [-0.1, -0.05) is 35.3 Å². The summed E-state index contributed by atoms with van der Waals surface area (Å²) in [5.74, 6) is -0.0568. The van der Waals surface area contributed by atoms with E-state index in [2.05, 4.69) is 27.9 Å². The number of alkyl halides is 3. The molecule has 0 aromatic heterocycles. The van der Waals surface area contributed by atoms with Crippen LogP contribution in [0.4, 0.5) is 23.7 Å². The molecular weight excluding hydrogens is 500 g/mol. The van der Waals surface area contributed by atoms with Gasteiger partial charge < -0.3 is 20.9 Å². The fourth-order valence-corrected chi connectivity index (χ4v) is 4.64. The minimum atomic E-state index is -4.48. The number of likely N-dealkylation sites (tertiary alicyclic amines) is 1. The molecule has 2 aromatic carbocycles. The van der Waals surface area contributed by atoms with Gasteiger partial charge in [0.05, 0.1) is 15.6 Å². The second-order valence-corrected chi connectivity index (χ2v) is 9.70. The first-order valence-corrected chi connectivity index (χ1v) is 12.5. The molecule has 1 saturated heterocycles. The van der Waals surface area contributed by atoms with Gasteiger partial charge in [0.1, 0.15) is 0 Å². The maximum Gasteiger partial charge on any atom is 0.416 e. The Labute approximate surface area is 214 Å². The van der Waals surface area contributed by atoms with Crippen LogP contribution in [-0.2, 0) is 6.18 Å². The van der Waals surface area contributed by atoms with E-state index >= 15 is 0 Å². The van der Waals surface area contributed by atoms with Crippen molar-refractivity contribution in [3.05, 3.63) is 63.6 Å². The van der Waals surface area contributed by atoms with Gasteiger partial charge in [-0.25, -0.2) is 4.79 Å². The highest BCUT2D eigenvalue weighted by Gasteiger charge is 2.30. The molecule has 0 spiro atoms. The predicted molar refractivity (Wildman–Crippen MR) is 135 cm³/mol. The van der Waals surface area contributed by atoms with Crippen LogP contribution in [0.25, 0.3) is 0 Å². The molecule has 3 rings (SSSR count). The summed E-state index contributed by atoms with van der Waals surface area (Å²) < 4.78 is 38.8. The summed E-state index contributed by atoms with van der Waals surface area (Å²) in [4.78, 5) is 14.8. The van der Waals surface area contributed by atoms with Gasteiger partial charge in [-0.2, -0.15) is 13.2 Å². The molecule has 3 N–H and O–H groups in total. The number of rotatable bonds is 10. The first kappa shape index (κ1) is 27.6. The number of nitrogens with one attached hydrogen (secondary N) is 3. The summed E-state index contributed by atoms with van der Waals surface area (Å²) in [6.07, 6.45) is -0.176. The predicted octanol–water partition coefficient (Wildman–Crippen LogP) is 6.38. The molecule has 0 saturated carbocycles. The lowest BCUT2D eigenvalue weighted by atomic mass is 9.95. The molecule has 0 bridgehead atoms. The lowest BCUT2D eigenvalue weighted by Crippen LogP contribution is -2.34. The van der Waals surface area contributed by atoms with Gasteiger partial charge in [0.2, 0.25) is 0 Å². The Bertz CT molecular complexity index is 989. The lowest BCUT2D eigenvalue weighted by molar-refractivity contribution is -0.137. The number of amides is 2. The molecule has 0 radical (unpaired) electrons. The number of halogens is 5. The van der Waals surface area contributed by atoms with Gasteiger partial charge >= 0.3 is 12.2 Å². The molecule has 5 nitrogen and oxygen atoms in total. The normalized spacial score (nSPS) is 17.4. The van der Waals surface area contributed by atoms with Crippen LogP contribution in [0.5, 0.6) is 0 Å². The second-order valence-electron chi connectivity index (χ2n) is 8.89. The maximum atomic E-state index is 12.9. The van der Waals surface area contributed by atoms with E-state index in [1.807, 2.05) is 6.07 Å². The molecular formula is C25H31Cl2F3N4O. The Morgan fingerprint density at radius 2 is 1.94 bits per heavy atom. The largest absolute Gasteiger partial charge is 0.416 e. The summed E-state index contributed by atoms with van der Waals surface area (Å²) in [5.41, 5.74) is 0.178. The first-order valence-electron chi connectivity index (χ1n) is 11.7. The molecule has 1 fully saturated rings. The number of urea groups is 1. The molecule has 1 aliphatic heterocycles. The summed E-state index contributed by atoms with van der Waals surface area (Å²) in [6.45, 7) is 3.10. The number of carbonyl (C=O) groups is 1. The number of carbonyl (C=O) groups excluding carboxylic acids is 1. The Hall–Kier alpha value is -2.00. The van der Waals surface area contributed by atoms with Crippen LogP contribution in [0.2, 0.25) is 10.0 Å². The molecule has 1 aliphatic rings. The van der Waals surface area contributed by atoms with Crippen molar-refractivity contribution in [3.8, 4) is 0 Å². The zero-order valence-electron chi connectivity index (χ0n) is 19.6. The van der Waals surface area contributed by atoms with E-state index in [0.717, 1.165) is 50.2 Å². The molecule has 2 aromatic rings. The number of hydrogen-bond donors (Lipinski definition) is 3. The van der Waals surface area contributed by atoms with Gasteiger partial charge in [0.25, 0.3) is 0 Å². The van der Waals surface area contributed by atoms with Gasteiger partial charge in [-0.05, 0) is 88.3 Å². The Kier molecular flexibility index (Phi) is 10.1. The second kappa shape index (κ2) is 12.8. The molecule has 10 heteroatoms. The van der Waals surface area contributed by atoms with E-state index in [9.17, 15) is 18.0 Å². The van der Waals surface area contributed by atoms with Gasteiger partial charge in [0, 0.05) is 24.2 Å². The van der Waals surface area contributed by atoms with Crippen LogP contribution >= 0.6 is 23.2 Å². The smallest absolute Gasteiger partial charge is 0.337 e. The third-order valence-electron chi connectivity index (χ3n) is 6.37. The Balaban J connectivity index is 1.54. The van der Waals surface area contributed by atoms with Crippen molar-refractivity contribution in [2.45, 2.75) is 43.8 Å². The van der Waals surface area contributed by atoms with E-state index in [1.54, 1.807) is 12.1 Å². The lowest BCUT2D eigenvalue weighted by Gasteiger charge is -2.21. The topological polar surface area (TPSA) is 56.4 Å². The molecule has 2 amide bonds. The zero-order valence-corrected chi connectivity index (χ0v) is 21.1. The Morgan fingerprint density at radius 3 is 2.63 bits per heavy atom. The number of benzene rings is 2. The van der Waals surface area contributed by atoms with Crippen LogP contribution in [-0.4, -0.2) is 50.2 Å². The highest BCUT2D eigenvalue weighted by molar-refractivity contribution is 6.42. The highest BCUT2D eigenvalue weighted by Crippen LogP contribution is 2.31. The molecule has 35 heavy (non-hydrogen) atoms. The monoisotopic (exact) mass is 530 g/mol. The number of hydrogen-bond acceptors (Lipinski definition) is 3. The van der Waals surface area contributed by atoms with Crippen molar-refractivity contribution in [3.63, 3.8) is 0 Å². The van der Waals surface area contributed by atoms with Gasteiger partial charge in [-0.3, -0.25) is 0 Å². The zero-order chi connectivity index (χ0) is 25.4. The minimum Gasteiger partial charge on any atom is -0.337 e. The van der Waals surface area contributed by atoms with Crippen molar-refractivity contribution in [2.75, 3.05) is 38.5 Å². The standard InChI is InChI=1S/C25H31Cl2F3N4O/c1-34-13-3-6-21(34)10-12-31-11-9-18(17-7-8-22(26)23(27)14-17)16-32-24(35)33-20-5-2-4-19(15-20)25(28,29)30/h2,4-5,7-8,14-15,18,21,31H,3,6,9-13,16H2,1H3,(H2,32,33,35). The van der Waals surface area contributed by atoms with Crippen LogP contribution in [0.1, 0.15) is 42.7 Å². The number of anilines is 1. The van der Waals surface area contributed by atoms with Crippen LogP contribution in [0, 0.1) is 0 Å². The SMILES string of the molecule is CN1CCCC1CCNCCC(CNC(=O)Nc1cccc(C(F)(F)F)c1)c1ccc(Cl)c(Cl)c1.